The fraction of sp³-hybridized carbons (Fsp3) is 0.250. The number of fused-ring (bicyclic) bond motifs is 2. The van der Waals surface area contributed by atoms with Crippen molar-refractivity contribution in [2.24, 2.45) is 4.99 Å². The topological polar surface area (TPSA) is 38.1 Å². The number of benzene rings is 2. The van der Waals surface area contributed by atoms with Crippen LogP contribution in [0.5, 0.6) is 0 Å². The largest absolute Gasteiger partial charge is 0.416 e. The molecule has 7 heteroatoms. The van der Waals surface area contributed by atoms with Gasteiger partial charge in [-0.3, -0.25) is 4.99 Å². The van der Waals surface area contributed by atoms with Crippen LogP contribution < -0.4 is 0 Å². The second-order valence-corrected chi connectivity index (χ2v) is 7.49. The Morgan fingerprint density at radius 2 is 1.74 bits per heavy atom. The van der Waals surface area contributed by atoms with Crippen LogP contribution in [0.1, 0.15) is 36.4 Å². The molecule has 1 aliphatic heterocycles. The summed E-state index contributed by atoms with van der Waals surface area (Å²) in [5.74, 6) is 0.229. The summed E-state index contributed by atoms with van der Waals surface area (Å²) in [5.41, 5.74) is 0.202. The van der Waals surface area contributed by atoms with Crippen molar-refractivity contribution in [3.05, 3.63) is 70.1 Å². The normalized spacial score (nSPS) is 16.1. The van der Waals surface area contributed by atoms with E-state index in [0.29, 0.717) is 22.2 Å². The van der Waals surface area contributed by atoms with Gasteiger partial charge in [-0.1, -0.05) is 35.9 Å². The van der Waals surface area contributed by atoms with Crippen molar-refractivity contribution in [3.63, 3.8) is 0 Å². The zero-order valence-electron chi connectivity index (χ0n) is 14.6. The summed E-state index contributed by atoms with van der Waals surface area (Å²) in [6.45, 7) is 3.59. The van der Waals surface area contributed by atoms with Gasteiger partial charge in [0.05, 0.1) is 16.6 Å². The highest BCUT2D eigenvalue weighted by Gasteiger charge is 2.39. The lowest BCUT2D eigenvalue weighted by atomic mass is 9.83. The molecule has 0 N–H and O–H groups in total. The lowest BCUT2D eigenvalue weighted by molar-refractivity contribution is -0.138. The Bertz CT molecular complexity index is 1090. The second-order valence-electron chi connectivity index (χ2n) is 7.13. The first-order chi connectivity index (χ1) is 12.7. The van der Waals surface area contributed by atoms with Gasteiger partial charge in [0.1, 0.15) is 10.9 Å². The van der Waals surface area contributed by atoms with Crippen LogP contribution in [0.4, 0.5) is 13.2 Å². The van der Waals surface area contributed by atoms with Gasteiger partial charge in [-0.2, -0.15) is 13.2 Å². The number of rotatable bonds is 1. The minimum Gasteiger partial charge on any atom is -0.274 e. The van der Waals surface area contributed by atoms with Crippen LogP contribution in [-0.4, -0.2) is 21.2 Å². The number of hydrogen-bond acceptors (Lipinski definition) is 3. The number of alkyl halides is 3. The van der Waals surface area contributed by atoms with Gasteiger partial charge < -0.3 is 0 Å². The summed E-state index contributed by atoms with van der Waals surface area (Å²) < 4.78 is 40.6. The standard InChI is InChI=1S/C20H15ClF3N3/c1-19(2)10-13-11(7-5-8-14(13)20(22,23)24)16(27-19)18-25-15-9-4-3-6-12(15)17(21)26-18/h3-9H,10H2,1-2H3. The number of hydrogen-bond donors (Lipinski definition) is 0. The zero-order chi connectivity index (χ0) is 19.4. The minimum atomic E-state index is -4.44. The summed E-state index contributed by atoms with van der Waals surface area (Å²) in [6.07, 6.45) is -4.26. The Labute approximate surface area is 158 Å². The second kappa shape index (κ2) is 6.02. The van der Waals surface area contributed by atoms with E-state index >= 15 is 0 Å². The molecule has 0 amide bonds. The lowest BCUT2D eigenvalue weighted by Crippen LogP contribution is -2.32. The number of nitrogens with zero attached hydrogens (tertiary/aromatic N) is 3. The molecule has 0 unspecified atom stereocenters. The maximum absolute atomic E-state index is 13.5. The molecule has 2 heterocycles. The van der Waals surface area contributed by atoms with Gasteiger partial charge in [-0.15, -0.1) is 0 Å². The molecule has 2 aromatic carbocycles. The van der Waals surface area contributed by atoms with Gasteiger partial charge in [0.15, 0.2) is 5.82 Å². The van der Waals surface area contributed by atoms with E-state index < -0.39 is 17.3 Å². The predicted octanol–water partition coefficient (Wildman–Crippen LogP) is 5.47. The van der Waals surface area contributed by atoms with E-state index in [2.05, 4.69) is 15.0 Å². The van der Waals surface area contributed by atoms with E-state index in [-0.39, 0.29) is 23.0 Å². The summed E-state index contributed by atoms with van der Waals surface area (Å²) >= 11 is 6.30. The van der Waals surface area contributed by atoms with Crippen molar-refractivity contribution < 1.29 is 13.2 Å². The van der Waals surface area contributed by atoms with Crippen LogP contribution in [0.3, 0.4) is 0 Å². The first kappa shape index (κ1) is 17.9. The Balaban J connectivity index is 1.98. The van der Waals surface area contributed by atoms with Gasteiger partial charge in [0.2, 0.25) is 0 Å². The van der Waals surface area contributed by atoms with Crippen LogP contribution in [0.15, 0.2) is 47.5 Å². The van der Waals surface area contributed by atoms with Crippen LogP contribution >= 0.6 is 11.6 Å². The fourth-order valence-electron chi connectivity index (χ4n) is 3.41. The average Bonchev–Trinajstić information content (AvgIpc) is 2.59. The molecule has 3 aromatic rings. The molecule has 4 rings (SSSR count). The average molecular weight is 390 g/mol. The van der Waals surface area contributed by atoms with Crippen molar-refractivity contribution in [3.8, 4) is 0 Å². The van der Waals surface area contributed by atoms with Gasteiger partial charge in [0.25, 0.3) is 0 Å². The first-order valence-corrected chi connectivity index (χ1v) is 8.75. The van der Waals surface area contributed by atoms with E-state index in [0.717, 1.165) is 6.07 Å². The molecule has 0 saturated carbocycles. The Kier molecular flexibility index (Phi) is 4.00. The minimum absolute atomic E-state index is 0.183. The Morgan fingerprint density at radius 1 is 1.00 bits per heavy atom. The molecule has 3 nitrogen and oxygen atoms in total. The van der Waals surface area contributed by atoms with Crippen molar-refractivity contribution in [1.29, 1.82) is 0 Å². The van der Waals surface area contributed by atoms with Gasteiger partial charge in [0, 0.05) is 10.9 Å². The summed E-state index contributed by atoms with van der Waals surface area (Å²) in [6, 6.07) is 11.3. The maximum Gasteiger partial charge on any atom is 0.416 e. The van der Waals surface area contributed by atoms with E-state index in [4.69, 9.17) is 11.6 Å². The highest BCUT2D eigenvalue weighted by atomic mass is 35.5. The van der Waals surface area contributed by atoms with E-state index in [1.54, 1.807) is 32.0 Å². The molecule has 0 bridgehead atoms. The molecule has 0 saturated heterocycles. The van der Waals surface area contributed by atoms with Gasteiger partial charge in [-0.25, -0.2) is 9.97 Å². The molecular weight excluding hydrogens is 375 g/mol. The number of aromatic nitrogens is 2. The van der Waals surface area contributed by atoms with Crippen LogP contribution in [-0.2, 0) is 12.6 Å². The number of halogens is 4. The predicted molar refractivity (Wildman–Crippen MR) is 99.4 cm³/mol. The Hall–Kier alpha value is -2.47. The summed E-state index contributed by atoms with van der Waals surface area (Å²) in [4.78, 5) is 13.5. The fourth-order valence-corrected chi connectivity index (χ4v) is 3.65. The molecule has 0 radical (unpaired) electrons. The third-order valence-corrected chi connectivity index (χ3v) is 4.82. The van der Waals surface area contributed by atoms with Crippen LogP contribution in [0.25, 0.3) is 10.9 Å². The van der Waals surface area contributed by atoms with Crippen LogP contribution in [0.2, 0.25) is 5.15 Å². The van der Waals surface area contributed by atoms with Crippen molar-refractivity contribution in [2.75, 3.05) is 0 Å². The molecule has 0 atom stereocenters. The van der Waals surface area contributed by atoms with E-state index in [1.165, 1.54) is 6.07 Å². The quantitative estimate of drug-likeness (QED) is 0.517. The first-order valence-electron chi connectivity index (χ1n) is 8.38. The summed E-state index contributed by atoms with van der Waals surface area (Å²) in [5, 5.41) is 0.929. The summed E-state index contributed by atoms with van der Waals surface area (Å²) in [7, 11) is 0. The van der Waals surface area contributed by atoms with Crippen LogP contribution in [0, 0.1) is 0 Å². The molecule has 0 spiro atoms. The molecule has 27 heavy (non-hydrogen) atoms. The van der Waals surface area contributed by atoms with Crippen molar-refractivity contribution >= 4 is 28.2 Å². The monoisotopic (exact) mass is 389 g/mol. The van der Waals surface area contributed by atoms with Crippen molar-refractivity contribution in [2.45, 2.75) is 32.0 Å². The Morgan fingerprint density at radius 3 is 2.48 bits per heavy atom. The lowest BCUT2D eigenvalue weighted by Gasteiger charge is -2.30. The highest BCUT2D eigenvalue weighted by Crippen LogP contribution is 2.38. The molecule has 138 valence electrons. The molecule has 1 aromatic heterocycles. The van der Waals surface area contributed by atoms with Crippen molar-refractivity contribution in [1.82, 2.24) is 9.97 Å². The van der Waals surface area contributed by atoms with Gasteiger partial charge in [-0.05, 0) is 44.0 Å². The third-order valence-electron chi connectivity index (χ3n) is 4.53. The molecule has 0 aliphatic carbocycles. The highest BCUT2D eigenvalue weighted by molar-refractivity contribution is 6.34. The smallest absolute Gasteiger partial charge is 0.274 e. The molecular formula is C20H15ClF3N3. The van der Waals surface area contributed by atoms with E-state index in [9.17, 15) is 13.2 Å². The van der Waals surface area contributed by atoms with E-state index in [1.807, 2.05) is 12.1 Å². The van der Waals surface area contributed by atoms with Gasteiger partial charge >= 0.3 is 6.18 Å². The number of aliphatic imine (C=N–C) groups is 1. The SMILES string of the molecule is CC1(C)Cc2c(cccc2C(F)(F)F)C(c2nc(Cl)c3ccccc3n2)=N1. The molecule has 0 fully saturated rings. The third kappa shape index (κ3) is 3.18. The maximum atomic E-state index is 13.5. The zero-order valence-corrected chi connectivity index (χ0v) is 15.4. The molecule has 1 aliphatic rings. The number of para-hydroxylation sites is 1.